The molecule has 1 aliphatic rings. The van der Waals surface area contributed by atoms with Crippen LogP contribution in [-0.4, -0.2) is 35.6 Å². The summed E-state index contributed by atoms with van der Waals surface area (Å²) in [6.07, 6.45) is 2.91. The van der Waals surface area contributed by atoms with Crippen molar-refractivity contribution in [3.8, 4) is 0 Å². The zero-order chi connectivity index (χ0) is 11.4. The van der Waals surface area contributed by atoms with E-state index in [0.717, 1.165) is 31.7 Å². The monoisotopic (exact) mass is 239 g/mol. The predicted octanol–water partition coefficient (Wildman–Crippen LogP) is 1.92. The molecule has 0 saturated carbocycles. The molecule has 1 N–H and O–H groups in total. The Balaban J connectivity index is 2.01. The summed E-state index contributed by atoms with van der Waals surface area (Å²) in [4.78, 5) is 6.60. The highest BCUT2D eigenvalue weighted by atomic mass is 35.5. The van der Waals surface area contributed by atoms with Crippen LogP contribution in [0.3, 0.4) is 0 Å². The maximum atomic E-state index is 6.08. The lowest BCUT2D eigenvalue weighted by Gasteiger charge is -2.38. The van der Waals surface area contributed by atoms with E-state index >= 15 is 0 Å². The lowest BCUT2D eigenvalue weighted by molar-refractivity contribution is 0.137. The largest absolute Gasteiger partial charge is 0.314 e. The van der Waals surface area contributed by atoms with Gasteiger partial charge in [0.15, 0.2) is 0 Å². The third-order valence-corrected chi connectivity index (χ3v) is 3.34. The second-order valence-corrected chi connectivity index (χ2v) is 4.59. The molecule has 3 nitrogen and oxygen atoms in total. The first-order chi connectivity index (χ1) is 7.81. The van der Waals surface area contributed by atoms with E-state index in [0.29, 0.717) is 11.2 Å². The summed E-state index contributed by atoms with van der Waals surface area (Å²) >= 11 is 6.08. The van der Waals surface area contributed by atoms with Crippen LogP contribution in [0.15, 0.2) is 18.3 Å². The van der Waals surface area contributed by atoms with Gasteiger partial charge in [-0.1, -0.05) is 24.6 Å². The summed E-state index contributed by atoms with van der Waals surface area (Å²) in [5, 5.41) is 3.95. The minimum absolute atomic E-state index is 0.635. The van der Waals surface area contributed by atoms with Gasteiger partial charge < -0.3 is 5.32 Å². The van der Waals surface area contributed by atoms with Gasteiger partial charge in [0.2, 0.25) is 0 Å². The average Bonchev–Trinajstić information content (AvgIpc) is 2.19. The minimum Gasteiger partial charge on any atom is -0.314 e. The number of pyridine rings is 1. The van der Waals surface area contributed by atoms with Gasteiger partial charge in [-0.25, -0.2) is 4.98 Å². The number of halogens is 1. The van der Waals surface area contributed by atoms with E-state index in [1.54, 1.807) is 6.20 Å². The molecule has 1 saturated heterocycles. The van der Waals surface area contributed by atoms with E-state index in [4.69, 9.17) is 11.6 Å². The van der Waals surface area contributed by atoms with Crippen molar-refractivity contribution >= 4 is 11.6 Å². The Kier molecular flexibility index (Phi) is 4.16. The molecule has 0 amide bonds. The van der Waals surface area contributed by atoms with Crippen LogP contribution in [0.1, 0.15) is 18.9 Å². The first-order valence-electron chi connectivity index (χ1n) is 5.85. The van der Waals surface area contributed by atoms with Gasteiger partial charge in [0.25, 0.3) is 0 Å². The number of nitrogens with zero attached hydrogens (tertiary/aromatic N) is 2. The van der Waals surface area contributed by atoms with E-state index in [9.17, 15) is 0 Å². The van der Waals surface area contributed by atoms with Crippen LogP contribution in [0.25, 0.3) is 0 Å². The number of hydrogen-bond donors (Lipinski definition) is 1. The summed E-state index contributed by atoms with van der Waals surface area (Å²) in [6.45, 7) is 6.43. The highest BCUT2D eigenvalue weighted by molar-refractivity contribution is 6.30. The lowest BCUT2D eigenvalue weighted by Crippen LogP contribution is -2.57. The van der Waals surface area contributed by atoms with E-state index in [1.807, 2.05) is 6.07 Å². The molecule has 2 rings (SSSR count). The second kappa shape index (κ2) is 5.62. The van der Waals surface area contributed by atoms with E-state index in [2.05, 4.69) is 28.2 Å². The van der Waals surface area contributed by atoms with Crippen molar-refractivity contribution < 1.29 is 0 Å². The van der Waals surface area contributed by atoms with E-state index in [1.165, 1.54) is 6.42 Å². The predicted molar refractivity (Wildman–Crippen MR) is 66.6 cm³/mol. The number of hydrogen-bond acceptors (Lipinski definition) is 3. The SMILES string of the molecule is CCCN(Cc1cccnc1Cl)C1CNC1. The van der Waals surface area contributed by atoms with Crippen LogP contribution in [-0.2, 0) is 6.54 Å². The smallest absolute Gasteiger partial charge is 0.133 e. The van der Waals surface area contributed by atoms with Gasteiger partial charge >= 0.3 is 0 Å². The van der Waals surface area contributed by atoms with Crippen molar-refractivity contribution in [3.05, 3.63) is 29.0 Å². The maximum absolute atomic E-state index is 6.08. The molecule has 0 aliphatic carbocycles. The Morgan fingerprint density at radius 3 is 2.94 bits per heavy atom. The Morgan fingerprint density at radius 1 is 1.56 bits per heavy atom. The molecule has 0 unspecified atom stereocenters. The van der Waals surface area contributed by atoms with Crippen molar-refractivity contribution in [1.82, 2.24) is 15.2 Å². The molecule has 0 spiro atoms. The van der Waals surface area contributed by atoms with Crippen LogP contribution in [0, 0.1) is 0 Å². The fourth-order valence-corrected chi connectivity index (χ4v) is 2.14. The summed E-state index contributed by atoms with van der Waals surface area (Å²) in [6, 6.07) is 4.67. The van der Waals surface area contributed by atoms with Gasteiger partial charge in [0, 0.05) is 37.4 Å². The lowest BCUT2D eigenvalue weighted by atomic mass is 10.1. The van der Waals surface area contributed by atoms with Gasteiger partial charge in [0.1, 0.15) is 5.15 Å². The van der Waals surface area contributed by atoms with Crippen molar-refractivity contribution in [2.75, 3.05) is 19.6 Å². The second-order valence-electron chi connectivity index (χ2n) is 4.24. The van der Waals surface area contributed by atoms with Gasteiger partial charge in [-0.2, -0.15) is 0 Å². The molecular weight excluding hydrogens is 222 g/mol. The molecule has 1 aromatic rings. The van der Waals surface area contributed by atoms with Crippen molar-refractivity contribution in [3.63, 3.8) is 0 Å². The quantitative estimate of drug-likeness (QED) is 0.796. The van der Waals surface area contributed by atoms with Crippen LogP contribution in [0.5, 0.6) is 0 Å². The number of rotatable bonds is 5. The maximum Gasteiger partial charge on any atom is 0.133 e. The van der Waals surface area contributed by atoms with Crippen LogP contribution < -0.4 is 5.32 Å². The summed E-state index contributed by atoms with van der Waals surface area (Å²) in [5.41, 5.74) is 1.13. The summed E-state index contributed by atoms with van der Waals surface area (Å²) < 4.78 is 0. The van der Waals surface area contributed by atoms with E-state index in [-0.39, 0.29) is 0 Å². The topological polar surface area (TPSA) is 28.2 Å². The first kappa shape index (κ1) is 11.8. The highest BCUT2D eigenvalue weighted by Gasteiger charge is 2.24. The molecule has 16 heavy (non-hydrogen) atoms. The molecule has 0 bridgehead atoms. The minimum atomic E-state index is 0.635. The third kappa shape index (κ3) is 2.73. The Labute approximate surface area is 102 Å². The van der Waals surface area contributed by atoms with Gasteiger partial charge in [-0.15, -0.1) is 0 Å². The molecule has 1 aliphatic heterocycles. The van der Waals surface area contributed by atoms with Crippen molar-refractivity contribution in [2.24, 2.45) is 0 Å². The highest BCUT2D eigenvalue weighted by Crippen LogP contribution is 2.17. The Hall–Kier alpha value is -0.640. The van der Waals surface area contributed by atoms with Crippen LogP contribution in [0.2, 0.25) is 5.15 Å². The first-order valence-corrected chi connectivity index (χ1v) is 6.23. The van der Waals surface area contributed by atoms with Gasteiger partial charge in [0.05, 0.1) is 0 Å². The molecule has 2 heterocycles. The summed E-state index contributed by atoms with van der Waals surface area (Å²) in [5.74, 6) is 0. The molecule has 1 fully saturated rings. The Morgan fingerprint density at radius 2 is 2.38 bits per heavy atom. The fourth-order valence-electron chi connectivity index (χ4n) is 1.97. The van der Waals surface area contributed by atoms with Gasteiger partial charge in [-0.3, -0.25) is 4.90 Å². The average molecular weight is 240 g/mol. The number of aromatic nitrogens is 1. The zero-order valence-corrected chi connectivity index (χ0v) is 10.4. The van der Waals surface area contributed by atoms with Crippen LogP contribution >= 0.6 is 11.6 Å². The molecular formula is C12H18ClN3. The van der Waals surface area contributed by atoms with E-state index < -0.39 is 0 Å². The molecule has 1 aromatic heterocycles. The van der Waals surface area contributed by atoms with Crippen molar-refractivity contribution in [1.29, 1.82) is 0 Å². The molecule has 0 atom stereocenters. The molecule has 4 heteroatoms. The molecule has 0 aromatic carbocycles. The van der Waals surface area contributed by atoms with Gasteiger partial charge in [-0.05, 0) is 19.0 Å². The van der Waals surface area contributed by atoms with Crippen LogP contribution in [0.4, 0.5) is 0 Å². The molecule has 0 radical (unpaired) electrons. The zero-order valence-electron chi connectivity index (χ0n) is 9.62. The fraction of sp³-hybridized carbons (Fsp3) is 0.583. The standard InChI is InChI=1S/C12H18ClN3/c1-2-6-16(11-7-14-8-11)9-10-4-3-5-15-12(10)13/h3-5,11,14H,2,6-9H2,1H3. The third-order valence-electron chi connectivity index (χ3n) is 3.00. The molecule has 88 valence electrons. The normalized spacial score (nSPS) is 16.4. The van der Waals surface area contributed by atoms with Crippen molar-refractivity contribution in [2.45, 2.75) is 25.9 Å². The summed E-state index contributed by atoms with van der Waals surface area (Å²) in [7, 11) is 0. The number of nitrogens with one attached hydrogen (secondary N) is 1. The Bertz CT molecular complexity index is 339.